The number of hydrogen-bond acceptors (Lipinski definition) is 3. The first-order chi connectivity index (χ1) is 6.84. The molecule has 0 saturated heterocycles. The van der Waals surface area contributed by atoms with E-state index < -0.39 is 0 Å². The highest BCUT2D eigenvalue weighted by atomic mass is 14.8. The summed E-state index contributed by atoms with van der Waals surface area (Å²) in [5.41, 5.74) is 3.09. The second-order valence-corrected chi connectivity index (χ2v) is 3.19. The smallest absolute Gasteiger partial charge is 0.0634 e. The molecule has 0 aliphatic carbocycles. The molecule has 2 aromatic rings. The summed E-state index contributed by atoms with van der Waals surface area (Å²) in [5.74, 6) is 0. The van der Waals surface area contributed by atoms with Crippen LogP contribution in [-0.2, 0) is 6.42 Å². The van der Waals surface area contributed by atoms with E-state index in [0.29, 0.717) is 0 Å². The molecule has 3 heteroatoms. The van der Waals surface area contributed by atoms with Gasteiger partial charge in [0.1, 0.15) is 0 Å². The van der Waals surface area contributed by atoms with Crippen molar-refractivity contribution in [3.05, 3.63) is 53.9 Å². The van der Waals surface area contributed by atoms with Gasteiger partial charge in [-0.2, -0.15) is 0 Å². The second-order valence-electron chi connectivity index (χ2n) is 3.19. The van der Waals surface area contributed by atoms with Crippen LogP contribution in [0.3, 0.4) is 0 Å². The average molecular weight is 185 g/mol. The Hall–Kier alpha value is -1.77. The van der Waals surface area contributed by atoms with E-state index in [2.05, 4.69) is 15.0 Å². The minimum absolute atomic E-state index is 0.794. The molecule has 2 rings (SSSR count). The highest BCUT2D eigenvalue weighted by Gasteiger charge is 1.97. The van der Waals surface area contributed by atoms with Crippen LogP contribution in [0.5, 0.6) is 0 Å². The van der Waals surface area contributed by atoms with Gasteiger partial charge in [0, 0.05) is 31.2 Å². The molecular formula is C11H11N3. The van der Waals surface area contributed by atoms with E-state index in [-0.39, 0.29) is 0 Å². The van der Waals surface area contributed by atoms with Gasteiger partial charge in [0.05, 0.1) is 11.4 Å². The molecule has 0 aliphatic rings. The van der Waals surface area contributed by atoms with Crippen LogP contribution in [0, 0.1) is 6.92 Å². The lowest BCUT2D eigenvalue weighted by molar-refractivity contribution is 0.986. The third-order valence-corrected chi connectivity index (χ3v) is 1.91. The SMILES string of the molecule is Cc1cncc(Cc2cccnc2)n1. The Balaban J connectivity index is 2.19. The number of aryl methyl sites for hydroxylation is 1. The van der Waals surface area contributed by atoms with Crippen LogP contribution in [0.4, 0.5) is 0 Å². The molecule has 0 unspecified atom stereocenters. The van der Waals surface area contributed by atoms with Crippen molar-refractivity contribution in [1.82, 2.24) is 15.0 Å². The van der Waals surface area contributed by atoms with Gasteiger partial charge < -0.3 is 0 Å². The largest absolute Gasteiger partial charge is 0.264 e. The molecule has 0 saturated carbocycles. The van der Waals surface area contributed by atoms with E-state index in [1.54, 1.807) is 18.6 Å². The average Bonchev–Trinajstić information content (AvgIpc) is 2.19. The first kappa shape index (κ1) is 8.81. The molecule has 0 aromatic carbocycles. The summed E-state index contributed by atoms with van der Waals surface area (Å²) < 4.78 is 0. The molecule has 14 heavy (non-hydrogen) atoms. The zero-order valence-corrected chi connectivity index (χ0v) is 8.01. The molecule has 0 atom stereocenters. The summed E-state index contributed by atoms with van der Waals surface area (Å²) in [5, 5.41) is 0. The van der Waals surface area contributed by atoms with Crippen molar-refractivity contribution in [2.45, 2.75) is 13.3 Å². The first-order valence-corrected chi connectivity index (χ1v) is 4.51. The van der Waals surface area contributed by atoms with Crippen LogP contribution in [0.15, 0.2) is 36.9 Å². The number of rotatable bonds is 2. The molecule has 2 aromatic heterocycles. The van der Waals surface area contributed by atoms with Gasteiger partial charge >= 0.3 is 0 Å². The second kappa shape index (κ2) is 3.96. The van der Waals surface area contributed by atoms with Crippen molar-refractivity contribution >= 4 is 0 Å². The van der Waals surface area contributed by atoms with Crippen molar-refractivity contribution in [1.29, 1.82) is 0 Å². The Morgan fingerprint density at radius 1 is 1.14 bits per heavy atom. The monoisotopic (exact) mass is 185 g/mol. The third-order valence-electron chi connectivity index (χ3n) is 1.91. The topological polar surface area (TPSA) is 38.7 Å². The number of aromatic nitrogens is 3. The minimum Gasteiger partial charge on any atom is -0.264 e. The van der Waals surface area contributed by atoms with Crippen LogP contribution >= 0.6 is 0 Å². The summed E-state index contributed by atoms with van der Waals surface area (Å²) >= 11 is 0. The van der Waals surface area contributed by atoms with E-state index in [4.69, 9.17) is 0 Å². The highest BCUT2D eigenvalue weighted by molar-refractivity contribution is 5.16. The van der Waals surface area contributed by atoms with E-state index in [0.717, 1.165) is 23.4 Å². The number of pyridine rings is 1. The Kier molecular flexibility index (Phi) is 2.49. The molecule has 0 bridgehead atoms. The van der Waals surface area contributed by atoms with Gasteiger partial charge in [-0.3, -0.25) is 15.0 Å². The minimum atomic E-state index is 0.794. The Morgan fingerprint density at radius 2 is 2.07 bits per heavy atom. The maximum atomic E-state index is 4.38. The molecule has 2 heterocycles. The van der Waals surface area contributed by atoms with Crippen LogP contribution in [0.25, 0.3) is 0 Å². The van der Waals surface area contributed by atoms with Gasteiger partial charge in [-0.15, -0.1) is 0 Å². The molecule has 0 spiro atoms. The lowest BCUT2D eigenvalue weighted by Gasteiger charge is -2.00. The summed E-state index contributed by atoms with van der Waals surface area (Å²) in [7, 11) is 0. The molecule has 70 valence electrons. The van der Waals surface area contributed by atoms with Crippen molar-refractivity contribution in [3.8, 4) is 0 Å². The third kappa shape index (κ3) is 2.13. The fourth-order valence-corrected chi connectivity index (χ4v) is 1.31. The quantitative estimate of drug-likeness (QED) is 0.715. The Morgan fingerprint density at radius 3 is 2.79 bits per heavy atom. The summed E-state index contributed by atoms with van der Waals surface area (Å²) in [6, 6.07) is 3.97. The molecule has 0 amide bonds. The predicted octanol–water partition coefficient (Wildman–Crippen LogP) is 1.77. The van der Waals surface area contributed by atoms with Gasteiger partial charge in [-0.05, 0) is 18.6 Å². The van der Waals surface area contributed by atoms with Crippen molar-refractivity contribution < 1.29 is 0 Å². The Labute approximate surface area is 82.9 Å². The molecule has 0 fully saturated rings. The Bertz CT molecular complexity index is 412. The molecule has 0 aliphatic heterocycles. The highest BCUT2D eigenvalue weighted by Crippen LogP contribution is 2.04. The van der Waals surface area contributed by atoms with Crippen LogP contribution in [0.1, 0.15) is 17.0 Å². The van der Waals surface area contributed by atoms with Gasteiger partial charge in [0.15, 0.2) is 0 Å². The van der Waals surface area contributed by atoms with E-state index >= 15 is 0 Å². The number of hydrogen-bond donors (Lipinski definition) is 0. The van der Waals surface area contributed by atoms with Crippen LogP contribution in [-0.4, -0.2) is 15.0 Å². The molecule has 0 radical (unpaired) electrons. The van der Waals surface area contributed by atoms with Gasteiger partial charge in [-0.25, -0.2) is 0 Å². The lowest BCUT2D eigenvalue weighted by atomic mass is 10.2. The number of nitrogens with zero attached hydrogens (tertiary/aromatic N) is 3. The van der Waals surface area contributed by atoms with Crippen molar-refractivity contribution in [3.63, 3.8) is 0 Å². The van der Waals surface area contributed by atoms with Gasteiger partial charge in [0.2, 0.25) is 0 Å². The van der Waals surface area contributed by atoms with Crippen LogP contribution < -0.4 is 0 Å². The maximum absolute atomic E-state index is 4.38. The van der Waals surface area contributed by atoms with E-state index in [1.165, 1.54) is 0 Å². The zero-order valence-electron chi connectivity index (χ0n) is 8.01. The lowest BCUT2D eigenvalue weighted by Crippen LogP contribution is -1.95. The summed E-state index contributed by atoms with van der Waals surface area (Å²) in [6.07, 6.45) is 7.96. The van der Waals surface area contributed by atoms with E-state index in [9.17, 15) is 0 Å². The van der Waals surface area contributed by atoms with Crippen molar-refractivity contribution in [2.75, 3.05) is 0 Å². The van der Waals surface area contributed by atoms with Crippen LogP contribution in [0.2, 0.25) is 0 Å². The zero-order chi connectivity index (χ0) is 9.80. The summed E-state index contributed by atoms with van der Waals surface area (Å²) in [6.45, 7) is 1.94. The fraction of sp³-hybridized carbons (Fsp3) is 0.182. The molecular weight excluding hydrogens is 174 g/mol. The van der Waals surface area contributed by atoms with Gasteiger partial charge in [0.25, 0.3) is 0 Å². The van der Waals surface area contributed by atoms with Crippen molar-refractivity contribution in [2.24, 2.45) is 0 Å². The molecule has 0 N–H and O–H groups in total. The standard InChI is InChI=1S/C11H11N3/c1-9-6-13-8-11(14-9)5-10-3-2-4-12-7-10/h2-4,6-8H,5H2,1H3. The normalized spacial score (nSPS) is 10.1. The fourth-order valence-electron chi connectivity index (χ4n) is 1.31. The van der Waals surface area contributed by atoms with E-state index in [1.807, 2.05) is 25.3 Å². The van der Waals surface area contributed by atoms with Gasteiger partial charge in [-0.1, -0.05) is 6.07 Å². The summed E-state index contributed by atoms with van der Waals surface area (Å²) in [4.78, 5) is 12.5. The molecule has 3 nitrogen and oxygen atoms in total. The maximum Gasteiger partial charge on any atom is 0.0634 e. The predicted molar refractivity (Wildman–Crippen MR) is 53.8 cm³/mol. The first-order valence-electron chi connectivity index (χ1n) is 4.51.